The second-order valence-electron chi connectivity index (χ2n) is 5.38. The van der Waals surface area contributed by atoms with Crippen LogP contribution in [0.1, 0.15) is 25.7 Å². The average Bonchev–Trinajstić information content (AvgIpc) is 2.54. The highest BCUT2D eigenvalue weighted by atomic mass is 32.2. The van der Waals surface area contributed by atoms with E-state index in [0.717, 1.165) is 0 Å². The number of hydrogen-bond acceptors (Lipinski definition) is 7. The van der Waals surface area contributed by atoms with Gasteiger partial charge in [-0.3, -0.25) is 19.2 Å². The normalized spacial score (nSPS) is 13.9. The van der Waals surface area contributed by atoms with E-state index in [1.54, 1.807) is 6.26 Å². The molecule has 0 bridgehead atoms. The van der Waals surface area contributed by atoms with Crippen LogP contribution in [0.25, 0.3) is 0 Å². The van der Waals surface area contributed by atoms with Crippen LogP contribution in [0, 0.1) is 0 Å². The molecule has 7 N–H and O–H groups in total. The van der Waals surface area contributed by atoms with Gasteiger partial charge in [0.25, 0.3) is 0 Å². The number of carbonyl (C=O) groups excluding carboxylic acids is 2. The predicted octanol–water partition coefficient (Wildman–Crippen LogP) is -1.54. The summed E-state index contributed by atoms with van der Waals surface area (Å²) in [5.74, 6) is -5.20. The fourth-order valence-electron chi connectivity index (χ4n) is 1.84. The molecule has 0 saturated carbocycles. The topological polar surface area (TPSA) is 196 Å². The maximum absolute atomic E-state index is 12.2. The Morgan fingerprint density at radius 3 is 1.96 bits per heavy atom. The number of nitrogens with one attached hydrogen (secondary N) is 2. The molecule has 3 atom stereocenters. The van der Waals surface area contributed by atoms with Gasteiger partial charge in [0.15, 0.2) is 0 Å². The van der Waals surface area contributed by atoms with Crippen LogP contribution in [0.3, 0.4) is 0 Å². The molecular formula is C14H23N3O8S. The molecule has 0 radical (unpaired) electrons. The Morgan fingerprint density at radius 2 is 1.50 bits per heavy atom. The lowest BCUT2D eigenvalue weighted by Crippen LogP contribution is -2.55. The van der Waals surface area contributed by atoms with E-state index in [0.29, 0.717) is 5.75 Å². The summed E-state index contributed by atoms with van der Waals surface area (Å²) in [5, 5.41) is 30.7. The summed E-state index contributed by atoms with van der Waals surface area (Å²) in [5.41, 5.74) is 5.57. The van der Waals surface area contributed by atoms with Gasteiger partial charge in [-0.25, -0.2) is 4.79 Å². The van der Waals surface area contributed by atoms with Crippen molar-refractivity contribution in [3.8, 4) is 0 Å². The molecule has 0 aliphatic carbocycles. The van der Waals surface area contributed by atoms with Crippen molar-refractivity contribution >= 4 is 41.5 Å². The minimum Gasteiger partial charge on any atom is -0.481 e. The lowest BCUT2D eigenvalue weighted by Gasteiger charge is -2.22. The maximum atomic E-state index is 12.2. The van der Waals surface area contributed by atoms with Crippen LogP contribution in [0.15, 0.2) is 0 Å². The number of rotatable bonds is 13. The molecule has 148 valence electrons. The van der Waals surface area contributed by atoms with E-state index in [2.05, 4.69) is 10.6 Å². The number of hydrogen-bond donors (Lipinski definition) is 6. The number of thioether (sulfide) groups is 1. The van der Waals surface area contributed by atoms with Gasteiger partial charge in [0, 0.05) is 6.42 Å². The van der Waals surface area contributed by atoms with Crippen LogP contribution in [0.4, 0.5) is 0 Å². The minimum atomic E-state index is -1.64. The number of nitrogens with two attached hydrogens (primary N) is 1. The van der Waals surface area contributed by atoms with Crippen molar-refractivity contribution in [2.24, 2.45) is 5.73 Å². The van der Waals surface area contributed by atoms with E-state index in [1.807, 2.05) is 0 Å². The molecule has 3 unspecified atom stereocenters. The van der Waals surface area contributed by atoms with Gasteiger partial charge in [-0.05, 0) is 24.9 Å². The number of aliphatic carboxylic acids is 3. The van der Waals surface area contributed by atoms with Crippen LogP contribution >= 0.6 is 11.8 Å². The first-order valence-electron chi connectivity index (χ1n) is 7.60. The van der Waals surface area contributed by atoms with Crippen LogP contribution in [0.2, 0.25) is 0 Å². The van der Waals surface area contributed by atoms with Crippen LogP contribution in [0.5, 0.6) is 0 Å². The molecule has 0 aromatic heterocycles. The fourth-order valence-corrected chi connectivity index (χ4v) is 2.31. The van der Waals surface area contributed by atoms with E-state index in [-0.39, 0.29) is 19.3 Å². The zero-order valence-corrected chi connectivity index (χ0v) is 15.0. The first kappa shape index (κ1) is 23.7. The zero-order valence-electron chi connectivity index (χ0n) is 14.1. The summed E-state index contributed by atoms with van der Waals surface area (Å²) in [6, 6.07) is -3.92. The molecule has 0 spiro atoms. The molecule has 0 aromatic rings. The summed E-state index contributed by atoms with van der Waals surface area (Å²) in [6.45, 7) is 0. The molecule has 0 aliphatic rings. The molecule has 0 aromatic carbocycles. The molecule has 11 nitrogen and oxygen atoms in total. The van der Waals surface area contributed by atoms with Crippen LogP contribution in [-0.4, -0.2) is 75.2 Å². The SMILES string of the molecule is CSCCC(NC(=O)C(N)CCC(=O)O)C(=O)NC(CC(=O)O)C(=O)O. The van der Waals surface area contributed by atoms with Gasteiger partial charge in [0.05, 0.1) is 12.5 Å². The van der Waals surface area contributed by atoms with E-state index < -0.39 is 54.3 Å². The lowest BCUT2D eigenvalue weighted by molar-refractivity contribution is -0.147. The van der Waals surface area contributed by atoms with E-state index in [9.17, 15) is 24.0 Å². The van der Waals surface area contributed by atoms with E-state index in [4.69, 9.17) is 21.1 Å². The van der Waals surface area contributed by atoms with Gasteiger partial charge >= 0.3 is 17.9 Å². The Bertz CT molecular complexity index is 542. The largest absolute Gasteiger partial charge is 0.481 e. The third kappa shape index (κ3) is 9.84. The number of carboxylic acid groups (broad SMARTS) is 3. The van der Waals surface area contributed by atoms with Gasteiger partial charge in [-0.15, -0.1) is 0 Å². The van der Waals surface area contributed by atoms with Gasteiger partial charge in [-0.2, -0.15) is 11.8 Å². The highest BCUT2D eigenvalue weighted by Gasteiger charge is 2.29. The fraction of sp³-hybridized carbons (Fsp3) is 0.643. The molecule has 0 heterocycles. The van der Waals surface area contributed by atoms with Gasteiger partial charge in [0.2, 0.25) is 11.8 Å². The van der Waals surface area contributed by atoms with Gasteiger partial charge < -0.3 is 31.7 Å². The smallest absolute Gasteiger partial charge is 0.326 e. The van der Waals surface area contributed by atoms with Crippen molar-refractivity contribution in [2.75, 3.05) is 12.0 Å². The molecule has 0 aliphatic heterocycles. The minimum absolute atomic E-state index is 0.130. The van der Waals surface area contributed by atoms with Gasteiger partial charge in [0.1, 0.15) is 12.1 Å². The van der Waals surface area contributed by atoms with Crippen molar-refractivity contribution in [1.82, 2.24) is 10.6 Å². The van der Waals surface area contributed by atoms with Crippen LogP contribution < -0.4 is 16.4 Å². The molecule has 12 heteroatoms. The summed E-state index contributed by atoms with van der Waals surface area (Å²) in [4.78, 5) is 56.5. The number of amides is 2. The Morgan fingerprint density at radius 1 is 0.923 bits per heavy atom. The van der Waals surface area contributed by atoms with Crippen molar-refractivity contribution in [3.63, 3.8) is 0 Å². The first-order valence-corrected chi connectivity index (χ1v) is 8.99. The quantitative estimate of drug-likeness (QED) is 0.213. The maximum Gasteiger partial charge on any atom is 0.326 e. The van der Waals surface area contributed by atoms with E-state index >= 15 is 0 Å². The van der Waals surface area contributed by atoms with Gasteiger partial charge in [-0.1, -0.05) is 0 Å². The predicted molar refractivity (Wildman–Crippen MR) is 91.6 cm³/mol. The number of carbonyl (C=O) groups is 5. The van der Waals surface area contributed by atoms with Crippen molar-refractivity contribution in [2.45, 2.75) is 43.8 Å². The molecular weight excluding hydrogens is 370 g/mol. The van der Waals surface area contributed by atoms with Crippen molar-refractivity contribution in [3.05, 3.63) is 0 Å². The Hall–Kier alpha value is -2.34. The third-order valence-corrected chi connectivity index (χ3v) is 3.89. The lowest BCUT2D eigenvalue weighted by atomic mass is 10.1. The Kier molecular flexibility index (Phi) is 11.0. The average molecular weight is 393 g/mol. The number of carboxylic acids is 3. The summed E-state index contributed by atoms with van der Waals surface area (Å²) in [7, 11) is 0. The Labute approximate surface area is 153 Å². The molecule has 0 saturated heterocycles. The van der Waals surface area contributed by atoms with Crippen molar-refractivity contribution < 1.29 is 39.3 Å². The Balaban J connectivity index is 4.96. The van der Waals surface area contributed by atoms with Crippen LogP contribution in [-0.2, 0) is 24.0 Å². The third-order valence-electron chi connectivity index (χ3n) is 3.24. The monoisotopic (exact) mass is 393 g/mol. The second kappa shape index (κ2) is 12.1. The molecule has 26 heavy (non-hydrogen) atoms. The molecule has 0 rings (SSSR count). The zero-order chi connectivity index (χ0) is 20.3. The molecule has 2 amide bonds. The summed E-state index contributed by atoms with van der Waals surface area (Å²) >= 11 is 1.38. The standard InChI is InChI=1S/C14H23N3O8S/c1-26-5-4-8(16-12(22)7(15)2-3-10(18)19)13(23)17-9(14(24)25)6-11(20)21/h7-9H,2-6,15H2,1H3,(H,16,22)(H,17,23)(H,18,19)(H,20,21)(H,24,25). The summed E-state index contributed by atoms with van der Waals surface area (Å²) in [6.07, 6.45) is 0.650. The second-order valence-corrected chi connectivity index (χ2v) is 6.36. The van der Waals surface area contributed by atoms with Crippen molar-refractivity contribution in [1.29, 1.82) is 0 Å². The first-order chi connectivity index (χ1) is 12.1. The van der Waals surface area contributed by atoms with E-state index in [1.165, 1.54) is 11.8 Å². The summed E-state index contributed by atoms with van der Waals surface area (Å²) < 4.78 is 0. The highest BCUT2D eigenvalue weighted by molar-refractivity contribution is 7.98. The molecule has 0 fully saturated rings. The highest BCUT2D eigenvalue weighted by Crippen LogP contribution is 2.04.